The second-order valence-corrected chi connectivity index (χ2v) is 2.92. The summed E-state index contributed by atoms with van der Waals surface area (Å²) in [6, 6.07) is 0.0316. The van der Waals surface area contributed by atoms with E-state index >= 15 is 0 Å². The van der Waals surface area contributed by atoms with E-state index in [1.54, 1.807) is 0 Å². The number of carbonyl (C=O) groups excluding carboxylic acids is 1. The Labute approximate surface area is 66.1 Å². The molecular weight excluding hydrogens is 142 g/mol. The third-order valence-electron chi connectivity index (χ3n) is 2.13. The van der Waals surface area contributed by atoms with Crippen LogP contribution in [0.15, 0.2) is 5.11 Å². The van der Waals surface area contributed by atoms with Gasteiger partial charge in [-0.25, -0.2) is 5.53 Å². The molecule has 11 heavy (non-hydrogen) atoms. The molecule has 0 aromatic carbocycles. The van der Waals surface area contributed by atoms with Crippen LogP contribution >= 0.6 is 0 Å². The van der Waals surface area contributed by atoms with Gasteiger partial charge in [0.05, 0.1) is 6.04 Å². The lowest BCUT2D eigenvalue weighted by Gasteiger charge is -2.16. The molecule has 1 heterocycles. The van der Waals surface area contributed by atoms with Crippen molar-refractivity contribution >= 4 is 5.78 Å². The van der Waals surface area contributed by atoms with E-state index in [4.69, 9.17) is 5.53 Å². The van der Waals surface area contributed by atoms with Crippen molar-refractivity contribution < 1.29 is 4.79 Å². The highest BCUT2D eigenvalue weighted by Gasteiger charge is 2.26. The molecule has 0 spiro atoms. The first-order valence-electron chi connectivity index (χ1n) is 3.82. The van der Waals surface area contributed by atoms with Crippen molar-refractivity contribution in [1.29, 1.82) is 5.53 Å². The zero-order valence-corrected chi connectivity index (χ0v) is 6.71. The van der Waals surface area contributed by atoms with Crippen molar-refractivity contribution in [1.82, 2.24) is 4.90 Å². The first-order valence-corrected chi connectivity index (χ1v) is 3.82. The summed E-state index contributed by atoms with van der Waals surface area (Å²) in [6.07, 6.45) is 2.02. The van der Waals surface area contributed by atoms with Gasteiger partial charge in [0, 0.05) is 0 Å². The van der Waals surface area contributed by atoms with Crippen molar-refractivity contribution in [2.24, 2.45) is 5.11 Å². The van der Waals surface area contributed by atoms with Crippen molar-refractivity contribution in [2.45, 2.75) is 18.9 Å². The summed E-state index contributed by atoms with van der Waals surface area (Å²) in [4.78, 5) is 13.2. The predicted octanol–water partition coefficient (Wildman–Crippen LogP) is 0.681. The lowest BCUT2D eigenvalue weighted by Crippen LogP contribution is -2.34. The summed E-state index contributed by atoms with van der Waals surface area (Å²) in [7, 11) is 1.94. The van der Waals surface area contributed by atoms with Crippen LogP contribution < -0.4 is 0 Å². The Bertz CT molecular complexity index is 169. The van der Waals surface area contributed by atoms with Gasteiger partial charge in [-0.1, -0.05) is 0 Å². The van der Waals surface area contributed by atoms with Gasteiger partial charge in [-0.2, -0.15) is 5.11 Å². The van der Waals surface area contributed by atoms with Crippen LogP contribution in [-0.2, 0) is 4.79 Å². The Morgan fingerprint density at radius 3 is 3.00 bits per heavy atom. The molecule has 1 aliphatic heterocycles. The predicted molar refractivity (Wildman–Crippen MR) is 40.7 cm³/mol. The Hall–Kier alpha value is -0.770. The number of likely N-dealkylation sites (N-methyl/N-ethyl adjacent to an activating group) is 1. The van der Waals surface area contributed by atoms with Gasteiger partial charge in [0.2, 0.25) is 0 Å². The molecule has 1 N–H and O–H groups in total. The van der Waals surface area contributed by atoms with Gasteiger partial charge < -0.3 is 0 Å². The molecule has 1 aliphatic rings. The largest absolute Gasteiger partial charge is 0.297 e. The standard InChI is InChI=1S/C7H13N3O/c1-10-4-2-3-6(10)7(11)5-9-8/h6,8H,2-5H2,1H3. The van der Waals surface area contributed by atoms with E-state index in [0.717, 1.165) is 19.4 Å². The highest BCUT2D eigenvalue weighted by atomic mass is 16.1. The summed E-state index contributed by atoms with van der Waals surface area (Å²) in [5.41, 5.74) is 6.55. The van der Waals surface area contributed by atoms with E-state index in [1.807, 2.05) is 11.9 Å². The molecule has 1 saturated heterocycles. The van der Waals surface area contributed by atoms with Crippen LogP contribution in [0.1, 0.15) is 12.8 Å². The molecule has 1 unspecified atom stereocenters. The number of likely N-dealkylation sites (tertiary alicyclic amines) is 1. The van der Waals surface area contributed by atoms with E-state index in [-0.39, 0.29) is 18.4 Å². The van der Waals surface area contributed by atoms with Gasteiger partial charge in [-0.3, -0.25) is 9.69 Å². The number of hydrogen-bond acceptors (Lipinski definition) is 4. The fraction of sp³-hybridized carbons (Fsp3) is 0.857. The Balaban J connectivity index is 2.45. The number of hydrogen-bond donors (Lipinski definition) is 1. The molecule has 4 nitrogen and oxygen atoms in total. The Morgan fingerprint density at radius 1 is 1.82 bits per heavy atom. The van der Waals surface area contributed by atoms with Crippen molar-refractivity contribution in [3.05, 3.63) is 0 Å². The fourth-order valence-electron chi connectivity index (χ4n) is 1.50. The average Bonchev–Trinajstić information content (AvgIpc) is 2.36. The molecule has 1 rings (SSSR count). The van der Waals surface area contributed by atoms with Gasteiger partial charge in [-0.15, -0.1) is 0 Å². The molecule has 0 bridgehead atoms. The van der Waals surface area contributed by atoms with Crippen molar-refractivity contribution in [2.75, 3.05) is 20.1 Å². The Kier molecular flexibility index (Phi) is 2.70. The maximum Gasteiger partial charge on any atom is 0.173 e. The lowest BCUT2D eigenvalue weighted by atomic mass is 10.1. The highest BCUT2D eigenvalue weighted by Crippen LogP contribution is 2.15. The number of Topliss-reactive ketones (excluding diaryl/α,β-unsaturated/α-hetero) is 1. The molecule has 4 heteroatoms. The summed E-state index contributed by atoms with van der Waals surface area (Å²) < 4.78 is 0. The molecular formula is C7H13N3O. The van der Waals surface area contributed by atoms with Gasteiger partial charge in [0.15, 0.2) is 5.78 Å². The number of carbonyl (C=O) groups is 1. The molecule has 0 aromatic heterocycles. The van der Waals surface area contributed by atoms with Gasteiger partial charge in [0.25, 0.3) is 0 Å². The molecule has 0 amide bonds. The van der Waals surface area contributed by atoms with Crippen LogP contribution in [0.25, 0.3) is 0 Å². The maximum absolute atomic E-state index is 11.2. The Morgan fingerprint density at radius 2 is 2.55 bits per heavy atom. The summed E-state index contributed by atoms with van der Waals surface area (Å²) in [6.45, 7) is 1.05. The van der Waals surface area contributed by atoms with Crippen LogP contribution in [0.5, 0.6) is 0 Å². The summed E-state index contributed by atoms with van der Waals surface area (Å²) in [5.74, 6) is 0.0833. The van der Waals surface area contributed by atoms with Crippen LogP contribution in [0, 0.1) is 5.53 Å². The molecule has 1 atom stereocenters. The first kappa shape index (κ1) is 8.33. The van der Waals surface area contributed by atoms with Gasteiger partial charge in [-0.05, 0) is 26.4 Å². The van der Waals surface area contributed by atoms with Gasteiger partial charge >= 0.3 is 0 Å². The normalized spacial score (nSPS) is 25.4. The van der Waals surface area contributed by atoms with E-state index in [2.05, 4.69) is 5.11 Å². The smallest absolute Gasteiger partial charge is 0.173 e. The topological polar surface area (TPSA) is 56.5 Å². The lowest BCUT2D eigenvalue weighted by molar-refractivity contribution is -0.121. The minimum atomic E-state index is 0.0316. The molecule has 0 radical (unpaired) electrons. The summed E-state index contributed by atoms with van der Waals surface area (Å²) >= 11 is 0. The average molecular weight is 155 g/mol. The minimum Gasteiger partial charge on any atom is -0.297 e. The molecule has 0 aromatic rings. The second-order valence-electron chi connectivity index (χ2n) is 2.92. The van der Waals surface area contributed by atoms with Crippen molar-refractivity contribution in [3.63, 3.8) is 0 Å². The maximum atomic E-state index is 11.2. The zero-order valence-electron chi connectivity index (χ0n) is 6.71. The van der Waals surface area contributed by atoms with Crippen LogP contribution in [0.4, 0.5) is 0 Å². The third-order valence-corrected chi connectivity index (χ3v) is 2.13. The zero-order chi connectivity index (χ0) is 8.27. The molecule has 0 aliphatic carbocycles. The highest BCUT2D eigenvalue weighted by molar-refractivity contribution is 5.86. The van der Waals surface area contributed by atoms with Crippen LogP contribution in [0.2, 0.25) is 0 Å². The quantitative estimate of drug-likeness (QED) is 0.609. The summed E-state index contributed by atoms with van der Waals surface area (Å²) in [5, 5.41) is 3.09. The number of rotatable bonds is 3. The van der Waals surface area contributed by atoms with E-state index in [0.29, 0.717) is 0 Å². The minimum absolute atomic E-state index is 0.0316. The van der Waals surface area contributed by atoms with Crippen LogP contribution in [0.3, 0.4) is 0 Å². The molecule has 1 fully saturated rings. The van der Waals surface area contributed by atoms with Crippen LogP contribution in [-0.4, -0.2) is 36.9 Å². The van der Waals surface area contributed by atoms with E-state index in [9.17, 15) is 4.79 Å². The molecule has 0 saturated carbocycles. The van der Waals surface area contributed by atoms with Crippen molar-refractivity contribution in [3.8, 4) is 0 Å². The third kappa shape index (κ3) is 1.83. The number of ketones is 1. The second kappa shape index (κ2) is 3.57. The molecule has 62 valence electrons. The van der Waals surface area contributed by atoms with E-state index < -0.39 is 0 Å². The van der Waals surface area contributed by atoms with Gasteiger partial charge in [0.1, 0.15) is 6.54 Å². The monoisotopic (exact) mass is 155 g/mol. The first-order chi connectivity index (χ1) is 5.25. The number of nitrogens with zero attached hydrogens (tertiary/aromatic N) is 2. The number of nitrogens with one attached hydrogen (secondary N) is 1. The fourth-order valence-corrected chi connectivity index (χ4v) is 1.50. The SMILES string of the molecule is CN1CCCC1C(=O)CN=N. The van der Waals surface area contributed by atoms with E-state index in [1.165, 1.54) is 0 Å².